The average Bonchev–Trinajstić information content (AvgIpc) is 1.50. The summed E-state index contributed by atoms with van der Waals surface area (Å²) in [6.07, 6.45) is 0. The van der Waals surface area contributed by atoms with Crippen molar-refractivity contribution in [3.63, 3.8) is 0 Å². The van der Waals surface area contributed by atoms with Gasteiger partial charge in [0.05, 0.1) is 137 Å². The Balaban J connectivity index is 1.20. The highest BCUT2D eigenvalue weighted by Crippen LogP contribution is 2.57. The Labute approximate surface area is 594 Å². The Bertz CT molecular complexity index is 5710. The van der Waals surface area contributed by atoms with Gasteiger partial charge in [-0.25, -0.2) is 9.97 Å². The molecule has 0 saturated heterocycles. The van der Waals surface area contributed by atoms with E-state index in [0.717, 1.165) is 130 Å². The first-order valence-electron chi connectivity index (χ1n) is 33.2. The van der Waals surface area contributed by atoms with Crippen molar-refractivity contribution in [2.24, 2.45) is 0 Å². The molecule has 2 aliphatic rings. The molecule has 15 aromatic rings. The second-order valence-electron chi connectivity index (χ2n) is 25.3. The highest BCUT2D eigenvalue weighted by Gasteiger charge is 2.32. The van der Waals surface area contributed by atoms with Crippen LogP contribution in [0.2, 0.25) is 0 Å². The van der Waals surface area contributed by atoms with Crippen LogP contribution in [0.5, 0.6) is 92.0 Å². The van der Waals surface area contributed by atoms with Gasteiger partial charge in [0.15, 0.2) is 92.0 Å². The minimum Gasteiger partial charge on any atom is -0.493 e. The van der Waals surface area contributed by atoms with Gasteiger partial charge < -0.3 is 85.8 Å². The van der Waals surface area contributed by atoms with E-state index < -0.39 is 0 Å². The molecule has 2 aliphatic heterocycles. The third kappa shape index (κ3) is 9.15. The van der Waals surface area contributed by atoms with E-state index in [0.29, 0.717) is 137 Å². The fourth-order valence-electron chi connectivity index (χ4n) is 16.2. The number of ether oxygens (including phenoxy) is 16. The Kier molecular flexibility index (Phi) is 15.2. The summed E-state index contributed by atoms with van der Waals surface area (Å²) >= 11 is 0. The van der Waals surface area contributed by atoms with Crippen LogP contribution in [0.1, 0.15) is 0 Å². The highest BCUT2D eigenvalue weighted by atomic mass is 16.5. The molecule has 2 N–H and O–H groups in total. The van der Waals surface area contributed by atoms with Crippen molar-refractivity contribution in [1.29, 1.82) is 0 Å². The zero-order valence-corrected chi connectivity index (χ0v) is 60.0. The van der Waals surface area contributed by atoms with E-state index in [2.05, 4.69) is 34.2 Å². The van der Waals surface area contributed by atoms with E-state index in [4.69, 9.17) is 85.8 Å². The van der Waals surface area contributed by atoms with Crippen molar-refractivity contribution >= 4 is 130 Å². The van der Waals surface area contributed by atoms with Crippen molar-refractivity contribution in [1.82, 2.24) is 19.9 Å². The third-order valence-electron chi connectivity index (χ3n) is 20.8. The number of hydrogen-bond acceptors (Lipinski definition) is 18. The van der Waals surface area contributed by atoms with Crippen molar-refractivity contribution in [2.45, 2.75) is 0 Å². The molecular formula is C84H70N4O16. The molecule has 0 fully saturated rings. The molecule has 522 valence electrons. The minimum absolute atomic E-state index is 0.509. The Morgan fingerprint density at radius 3 is 0.433 bits per heavy atom. The lowest BCUT2D eigenvalue weighted by Gasteiger charge is -2.17. The van der Waals surface area contributed by atoms with Crippen molar-refractivity contribution < 1.29 is 75.8 Å². The monoisotopic (exact) mass is 1390 g/mol. The van der Waals surface area contributed by atoms with Gasteiger partial charge >= 0.3 is 0 Å². The van der Waals surface area contributed by atoms with Gasteiger partial charge in [0.2, 0.25) is 0 Å². The molecule has 0 amide bonds. The number of fused-ring (bicyclic) bond motifs is 40. The second-order valence-corrected chi connectivity index (χ2v) is 25.3. The predicted molar refractivity (Wildman–Crippen MR) is 410 cm³/mol. The third-order valence-corrected chi connectivity index (χ3v) is 20.8. The summed E-state index contributed by atoms with van der Waals surface area (Å²) in [5.74, 6) is 8.31. The van der Waals surface area contributed by atoms with Crippen molar-refractivity contribution in [3.8, 4) is 137 Å². The molecule has 0 saturated carbocycles. The SMILES string of the molecule is COc1cc2c3c(c4cc(OC)c(OC)cc4c2cc1OC)-c1cc2[nH]c(cc4nc(cc5[nH]c(cc-3n1)c1c3cc(OC)c(OC)cc3c3cc(OC)c(OC)cc3c51)-c1c-4c3cc(OC)c(OC)cc3c3cc(OC)c(OC)cc13)c1c3cc(OC)c(OC)cc3c3cc(OC)c(OC)cc3c21. The number of aromatic nitrogens is 4. The maximum Gasteiger partial charge on any atom is 0.161 e. The topological polar surface area (TPSA) is 205 Å². The van der Waals surface area contributed by atoms with Gasteiger partial charge in [0.25, 0.3) is 0 Å². The van der Waals surface area contributed by atoms with Crippen LogP contribution in [0.3, 0.4) is 0 Å². The van der Waals surface area contributed by atoms with Gasteiger partial charge in [-0.2, -0.15) is 0 Å². The minimum atomic E-state index is 0.509. The number of nitrogens with zero attached hydrogens (tertiary/aromatic N) is 2. The van der Waals surface area contributed by atoms with E-state index in [9.17, 15) is 0 Å². The number of rotatable bonds is 16. The summed E-state index contributed by atoms with van der Waals surface area (Å²) in [6, 6.07) is 40.8. The molecule has 5 heterocycles. The standard InChI is InChI=1S/C84H70N4O16/c1-89-61-17-37-38-18-62(90-2)70(98-10)26-46(38)78-54-34-56-80-48-28-72(100-12)65(93-5)21-41(48)42-22-66(94-6)74(102-14)30-50(42)82(80)58(87-56)36-60-84-52-32-76(104-16)68(96-8)24-44(52)43-23-67(95-7)75(103-15)31-51(43)83(84)59(88-60)35-57-81-49-29-73(101-13)64(92-4)20-40(49)39-19-63(91-3)71(99-11)27-47(39)79(81)55(86-57)33-53(85-54)77(78)45(37)25-69(61)97-9/h17-36,85,88H,1-16H3. The zero-order valence-electron chi connectivity index (χ0n) is 60.0. The average molecular weight is 1390 g/mol. The zero-order chi connectivity index (χ0) is 72.0. The van der Waals surface area contributed by atoms with E-state index in [1.807, 2.05) is 97.1 Å². The number of aromatic amines is 2. The fourth-order valence-corrected chi connectivity index (χ4v) is 16.2. The van der Waals surface area contributed by atoms with Crippen LogP contribution in [-0.4, -0.2) is 134 Å². The second kappa shape index (κ2) is 24.5. The Hall–Kier alpha value is -12.8. The molecular weight excluding hydrogens is 1320 g/mol. The summed E-state index contributed by atoms with van der Waals surface area (Å²) in [6.45, 7) is 0. The lowest BCUT2D eigenvalue weighted by atomic mass is 9.89. The first-order valence-corrected chi connectivity index (χ1v) is 33.2. The van der Waals surface area contributed by atoms with Gasteiger partial charge in [-0.3, -0.25) is 0 Å². The molecule has 8 bridgehead atoms. The number of benzene rings is 12. The molecule has 3 aromatic heterocycles. The maximum atomic E-state index is 6.22. The van der Waals surface area contributed by atoms with Gasteiger partial charge in [0, 0.05) is 65.9 Å². The summed E-state index contributed by atoms with van der Waals surface area (Å²) in [5, 5.41) is 16.6. The van der Waals surface area contributed by atoms with E-state index in [1.165, 1.54) is 0 Å². The van der Waals surface area contributed by atoms with Gasteiger partial charge in [0.1, 0.15) is 0 Å². The summed E-state index contributed by atoms with van der Waals surface area (Å²) < 4.78 is 98.7. The number of nitrogens with one attached hydrogen (secondary N) is 2. The lowest BCUT2D eigenvalue weighted by Crippen LogP contribution is -1.95. The fraction of sp³-hybridized carbons (Fsp3) is 0.190. The van der Waals surface area contributed by atoms with Crippen LogP contribution < -0.4 is 75.8 Å². The molecule has 0 spiro atoms. The van der Waals surface area contributed by atoms with Crippen molar-refractivity contribution in [2.75, 3.05) is 114 Å². The first kappa shape index (κ1) is 64.5. The van der Waals surface area contributed by atoms with Gasteiger partial charge in [-0.1, -0.05) is 0 Å². The first-order chi connectivity index (χ1) is 50.8. The van der Waals surface area contributed by atoms with Crippen molar-refractivity contribution in [3.05, 3.63) is 121 Å². The molecule has 0 unspecified atom stereocenters. The maximum absolute atomic E-state index is 6.22. The summed E-state index contributed by atoms with van der Waals surface area (Å²) in [7, 11) is 26.2. The molecule has 0 radical (unpaired) electrons. The number of H-pyrrole nitrogens is 2. The van der Waals surface area contributed by atoms with E-state index >= 15 is 0 Å². The van der Waals surface area contributed by atoms with Crippen LogP contribution in [0, 0.1) is 0 Å². The predicted octanol–water partition coefficient (Wildman–Crippen LogP) is 18.7. The Morgan fingerprint density at radius 1 is 0.163 bits per heavy atom. The van der Waals surface area contributed by atoms with Crippen LogP contribution in [0.4, 0.5) is 0 Å². The highest BCUT2D eigenvalue weighted by molar-refractivity contribution is 6.37. The lowest BCUT2D eigenvalue weighted by molar-refractivity contribution is 0.355. The molecule has 20 heteroatoms. The molecule has 0 atom stereocenters. The van der Waals surface area contributed by atoms with E-state index in [-0.39, 0.29) is 0 Å². The largest absolute Gasteiger partial charge is 0.493 e. The molecule has 17 rings (SSSR count). The quantitative estimate of drug-likeness (QED) is 0.0863. The van der Waals surface area contributed by atoms with Crippen LogP contribution >= 0.6 is 0 Å². The number of hydrogen-bond donors (Lipinski definition) is 2. The summed E-state index contributed by atoms with van der Waals surface area (Å²) in [4.78, 5) is 20.1. The molecule has 20 nitrogen and oxygen atoms in total. The number of methoxy groups -OCH3 is 16. The Morgan fingerprint density at radius 2 is 0.288 bits per heavy atom. The van der Waals surface area contributed by atoms with Gasteiger partial charge in [-0.15, -0.1) is 0 Å². The smallest absolute Gasteiger partial charge is 0.161 e. The van der Waals surface area contributed by atoms with E-state index in [1.54, 1.807) is 114 Å². The summed E-state index contributed by atoms with van der Waals surface area (Å²) in [5.41, 5.74) is 8.36. The van der Waals surface area contributed by atoms with Crippen LogP contribution in [-0.2, 0) is 0 Å². The molecule has 12 aromatic carbocycles. The molecule has 0 aliphatic carbocycles. The normalized spacial score (nSPS) is 11.8. The van der Waals surface area contributed by atoms with Gasteiger partial charge in [-0.05, 0) is 208 Å². The van der Waals surface area contributed by atoms with Crippen LogP contribution in [0.15, 0.2) is 121 Å². The van der Waals surface area contributed by atoms with Crippen LogP contribution in [0.25, 0.3) is 175 Å². The molecule has 104 heavy (non-hydrogen) atoms.